The summed E-state index contributed by atoms with van der Waals surface area (Å²) in [5.74, 6) is 0.0955. The molecule has 2 atom stereocenters. The fourth-order valence-corrected chi connectivity index (χ4v) is 15.9. The third kappa shape index (κ3) is 26.7. The van der Waals surface area contributed by atoms with E-state index in [0.29, 0.717) is 67.3 Å². The van der Waals surface area contributed by atoms with E-state index in [1.54, 1.807) is 32.9 Å². The summed E-state index contributed by atoms with van der Waals surface area (Å²) >= 11 is 12.2. The zero-order valence-corrected chi connectivity index (χ0v) is 64.7. The molecule has 7 N–H and O–H groups in total. The van der Waals surface area contributed by atoms with Gasteiger partial charge in [0.1, 0.15) is 38.1 Å². The van der Waals surface area contributed by atoms with E-state index in [1.165, 1.54) is 30.6 Å². The Morgan fingerprint density at radius 2 is 0.899 bits per heavy atom. The summed E-state index contributed by atoms with van der Waals surface area (Å²) < 4.78 is 27.4. The van der Waals surface area contributed by atoms with Gasteiger partial charge in [0.15, 0.2) is 0 Å². The number of carbonyl (C=O) groups excluding carboxylic acids is 7. The molecule has 4 aliphatic rings. The molecule has 24 heteroatoms. The first-order valence-corrected chi connectivity index (χ1v) is 39.2. The molecule has 584 valence electrons. The van der Waals surface area contributed by atoms with Gasteiger partial charge in [0.2, 0.25) is 23.7 Å². The molecule has 7 amide bonds. The number of hydrogen-bond donors (Lipinski definition) is 5. The number of rotatable bonds is 25. The minimum atomic E-state index is -0.887. The number of guanidine groups is 2. The fraction of sp³-hybridized carbons (Fsp3) is 0.471. The topological polar surface area (TPSA) is 291 Å². The molecule has 109 heavy (non-hydrogen) atoms. The van der Waals surface area contributed by atoms with E-state index < -0.39 is 54.1 Å². The van der Waals surface area contributed by atoms with Gasteiger partial charge in [0.05, 0.1) is 6.04 Å². The van der Waals surface area contributed by atoms with Gasteiger partial charge in [0, 0.05) is 55.7 Å². The van der Waals surface area contributed by atoms with Crippen molar-refractivity contribution in [2.45, 2.75) is 193 Å². The van der Waals surface area contributed by atoms with Gasteiger partial charge in [0.25, 0.3) is 0 Å². The number of hydrogen-bond acceptors (Lipinski definition) is 14. The fourth-order valence-electron chi connectivity index (χ4n) is 15.6. The molecule has 2 saturated heterocycles. The van der Waals surface area contributed by atoms with Crippen LogP contribution in [-0.4, -0.2) is 131 Å². The normalized spacial score (nSPS) is 16.5. The summed E-state index contributed by atoms with van der Waals surface area (Å²) in [5, 5.41) is 15.3. The second kappa shape index (κ2) is 41.9. The Morgan fingerprint density at radius 1 is 0.514 bits per heavy atom. The number of amides is 7. The Bertz CT molecular complexity index is 3900. The lowest BCUT2D eigenvalue weighted by atomic mass is 9.61. The van der Waals surface area contributed by atoms with E-state index in [-0.39, 0.29) is 74.5 Å². The second-order valence-electron chi connectivity index (χ2n) is 30.1. The lowest BCUT2D eigenvalue weighted by Gasteiger charge is -2.49. The molecule has 2 saturated carbocycles. The van der Waals surface area contributed by atoms with Gasteiger partial charge in [-0.15, -0.1) is 4.99 Å². The Labute approximate surface area is 651 Å². The van der Waals surface area contributed by atoms with Crippen molar-refractivity contribution < 1.29 is 57.2 Å². The molecule has 4 fully saturated rings. The molecule has 0 radical (unpaired) electrons. The van der Waals surface area contributed by atoms with Crippen molar-refractivity contribution in [1.29, 1.82) is 5.41 Å². The van der Waals surface area contributed by atoms with Crippen LogP contribution < -0.4 is 22.1 Å². The third-order valence-electron chi connectivity index (χ3n) is 21.5. The van der Waals surface area contributed by atoms with Gasteiger partial charge < -0.3 is 50.3 Å². The number of ether oxygens (including phenoxy) is 5. The van der Waals surface area contributed by atoms with Crippen LogP contribution in [0.3, 0.4) is 0 Å². The molecule has 6 aromatic rings. The highest BCUT2D eigenvalue weighted by atomic mass is 35.5. The minimum Gasteiger partial charge on any atom is -0.444 e. The van der Waals surface area contributed by atoms with Gasteiger partial charge in [-0.2, -0.15) is 0 Å². The van der Waals surface area contributed by atoms with E-state index in [4.69, 9.17) is 63.8 Å². The van der Waals surface area contributed by atoms with Crippen molar-refractivity contribution in [3.05, 3.63) is 213 Å². The molecule has 0 bridgehead atoms. The van der Waals surface area contributed by atoms with Crippen LogP contribution in [0, 0.1) is 28.1 Å². The zero-order valence-electron chi connectivity index (χ0n) is 63.2. The van der Waals surface area contributed by atoms with Gasteiger partial charge in [-0.1, -0.05) is 207 Å². The summed E-state index contributed by atoms with van der Waals surface area (Å²) in [7, 11) is 0. The predicted molar refractivity (Wildman–Crippen MR) is 422 cm³/mol. The maximum absolute atomic E-state index is 14.2. The zero-order chi connectivity index (χ0) is 77.6. The lowest BCUT2D eigenvalue weighted by molar-refractivity contribution is -0.137. The van der Waals surface area contributed by atoms with Crippen molar-refractivity contribution in [2.75, 3.05) is 39.3 Å². The van der Waals surface area contributed by atoms with Crippen molar-refractivity contribution in [3.8, 4) is 0 Å². The molecular formula is C85H108Cl2N10O12. The molecule has 22 nitrogen and oxygen atoms in total. The maximum atomic E-state index is 14.2. The van der Waals surface area contributed by atoms with Gasteiger partial charge in [-0.3, -0.25) is 20.3 Å². The lowest BCUT2D eigenvalue weighted by Crippen LogP contribution is -2.54. The van der Waals surface area contributed by atoms with E-state index in [1.807, 2.05) is 168 Å². The first kappa shape index (κ1) is 83.5. The Morgan fingerprint density at radius 3 is 1.33 bits per heavy atom. The first-order chi connectivity index (χ1) is 52.5. The van der Waals surface area contributed by atoms with Crippen LogP contribution in [0.25, 0.3) is 0 Å². The molecule has 0 aromatic heterocycles. The van der Waals surface area contributed by atoms with Crippen LogP contribution in [0.4, 0.5) is 24.0 Å². The molecule has 0 unspecified atom stereocenters. The molecule has 10 rings (SSSR count). The first-order valence-electron chi connectivity index (χ1n) is 38.4. The number of alkyl carbamates (subject to hydrolysis) is 2. The summed E-state index contributed by atoms with van der Waals surface area (Å²) in [6.07, 6.45) is 14.6. The average Bonchev–Trinajstić information content (AvgIpc) is 0.791. The quantitative estimate of drug-likeness (QED) is 0.0202. The number of nitrogens with zero attached hydrogens (tertiary/aromatic N) is 5. The number of carbonyl (C=O) groups is 7. The Balaban J connectivity index is 0.000000253. The Hall–Kier alpha value is -9.51. The summed E-state index contributed by atoms with van der Waals surface area (Å²) in [6, 6.07) is 50.4. The van der Waals surface area contributed by atoms with Gasteiger partial charge in [-0.25, -0.2) is 33.8 Å². The number of nitrogens with two attached hydrogens (primary N) is 2. The summed E-state index contributed by atoms with van der Waals surface area (Å²) in [4.78, 5) is 103. The smallest absolute Gasteiger partial charge is 0.437 e. The van der Waals surface area contributed by atoms with E-state index in [9.17, 15) is 33.6 Å². The third-order valence-corrected chi connectivity index (χ3v) is 22.0. The summed E-state index contributed by atoms with van der Waals surface area (Å²) in [6.45, 7) is 8.16. The van der Waals surface area contributed by atoms with E-state index in [0.717, 1.165) is 115 Å². The predicted octanol–water partition coefficient (Wildman–Crippen LogP) is 16.7. The van der Waals surface area contributed by atoms with E-state index in [2.05, 4.69) is 15.6 Å². The van der Waals surface area contributed by atoms with Crippen LogP contribution in [0.15, 0.2) is 175 Å². The van der Waals surface area contributed by atoms with Crippen molar-refractivity contribution in [3.63, 3.8) is 0 Å². The Kier molecular flexibility index (Phi) is 32.1. The monoisotopic (exact) mass is 1530 g/mol. The highest BCUT2D eigenvalue weighted by Gasteiger charge is 2.45. The number of halogens is 2. The molecule has 0 spiro atoms. The molecule has 2 heterocycles. The minimum absolute atomic E-state index is 0.0115. The highest BCUT2D eigenvalue weighted by molar-refractivity contribution is 6.30. The number of likely N-dealkylation sites (tertiary alicyclic amines) is 2. The van der Waals surface area contributed by atoms with Crippen molar-refractivity contribution >= 4 is 77.4 Å². The largest absolute Gasteiger partial charge is 0.444 e. The van der Waals surface area contributed by atoms with Gasteiger partial charge >= 0.3 is 30.5 Å². The maximum Gasteiger partial charge on any atom is 0.437 e. The van der Waals surface area contributed by atoms with Gasteiger partial charge in [-0.05, 0) is 185 Å². The standard InChI is InChI=1S/C45H58ClN5O7.C40H50ClN5O5/c1-44(2,3)58-42(54)48-38(30-33-20-22-37(46)23-21-33)39(52)50-28-25-45(26-29-50,36-18-11-6-12-19-36)24-13-27-51(43(55)57-32-35-16-9-5-10-17-35)40(47)49-41(53)56-31-34-14-7-4-8-15-34;41-34-19-17-30(18-20-34)27-35(42)36(47)45-25-22-40(23-26-45,33-15-8-3-9-16-33)21-10-24-46(39(49)51-29-32-13-6-2-7-14-32)37(43)44-38(48)50-28-31-11-4-1-5-12-31/h4-5,7-10,14-17,20-23,36,38H,6,11-13,18-19,24-32H2,1-3H3,(H,48,54)(H2,47,49,53);1-2,4-7,11-14,17-20,33,35H,3,8-10,15-16,21-29,42H2,(H2,43,44,48)/t38-;35-/m11/s1. The van der Waals surface area contributed by atoms with Crippen LogP contribution >= 0.6 is 23.2 Å². The van der Waals surface area contributed by atoms with Crippen LogP contribution in [0.1, 0.15) is 170 Å². The number of nitrogens with one attached hydrogen (secondary N) is 3. The summed E-state index contributed by atoms with van der Waals surface area (Å²) in [5.41, 5.74) is 17.0. The van der Waals surface area contributed by atoms with Crippen molar-refractivity contribution in [2.24, 2.45) is 39.1 Å². The second-order valence-corrected chi connectivity index (χ2v) is 31.0. The molecule has 2 aliphatic carbocycles. The molecule has 6 aromatic carbocycles. The molecule has 2 aliphatic heterocycles. The number of benzene rings is 6. The number of piperidine rings is 2. The van der Waals surface area contributed by atoms with E-state index >= 15 is 0 Å². The highest BCUT2D eigenvalue weighted by Crippen LogP contribution is 2.51. The number of aliphatic imine (C=N–C) groups is 1. The average molecular weight is 1530 g/mol. The van der Waals surface area contributed by atoms with Crippen molar-refractivity contribution in [1.82, 2.24) is 30.2 Å². The molecular weight excluding hydrogens is 1420 g/mol. The van der Waals surface area contributed by atoms with Crippen LogP contribution in [-0.2, 0) is 72.5 Å². The van der Waals surface area contributed by atoms with Crippen LogP contribution in [0.2, 0.25) is 10.0 Å². The SMILES string of the molecule is CC(C)(C)OC(=O)N[C@H](Cc1ccc(Cl)cc1)C(=O)N1CCC(CCCN(C(=N)NC(=O)OCc2ccccc2)C(=O)OCc2ccccc2)(C2CCCCC2)CC1.NC(=NC(=O)OCc1ccccc1)N(CCCC1(C2CCCCC2)CCN(C(=O)[C@H](N)Cc2ccc(Cl)cc2)CC1)C(=O)OCc1ccccc1. The van der Waals surface area contributed by atoms with Crippen LogP contribution in [0.5, 0.6) is 0 Å².